The van der Waals surface area contributed by atoms with Gasteiger partial charge in [0, 0.05) is 13.5 Å². The van der Waals surface area contributed by atoms with Gasteiger partial charge in [-0.15, -0.1) is 0 Å². The lowest BCUT2D eigenvalue weighted by Crippen LogP contribution is -2.10. The van der Waals surface area contributed by atoms with Crippen LogP contribution in [0.25, 0.3) is 0 Å². The van der Waals surface area contributed by atoms with E-state index in [1.807, 2.05) is 6.92 Å². The highest BCUT2D eigenvalue weighted by Gasteiger charge is 1.88. The van der Waals surface area contributed by atoms with Crippen molar-refractivity contribution in [2.24, 2.45) is 10.7 Å². The van der Waals surface area contributed by atoms with E-state index in [4.69, 9.17) is 10.5 Å². The van der Waals surface area contributed by atoms with Crippen LogP contribution in [0.5, 0.6) is 0 Å². The molecular formula is C5H12N2O. The minimum absolute atomic E-state index is 0.223. The maximum absolute atomic E-state index is 5.08. The monoisotopic (exact) mass is 116 g/mol. The normalized spacial score (nSPS) is 11.6. The average molecular weight is 116 g/mol. The Morgan fingerprint density at radius 2 is 2.38 bits per heavy atom. The molecule has 0 aromatic heterocycles. The molecular weight excluding hydrogens is 104 g/mol. The molecule has 0 saturated heterocycles. The van der Waals surface area contributed by atoms with Crippen LogP contribution in [0.3, 0.4) is 0 Å². The fraction of sp³-hybridized carbons (Fsp3) is 0.800. The Labute approximate surface area is 49.5 Å². The highest BCUT2D eigenvalue weighted by atomic mass is 16.5. The molecule has 3 heteroatoms. The molecule has 0 aliphatic carbocycles. The molecule has 0 spiro atoms. The Morgan fingerprint density at radius 1 is 1.75 bits per heavy atom. The van der Waals surface area contributed by atoms with Gasteiger partial charge in [0.2, 0.25) is 0 Å². The molecule has 0 radical (unpaired) electrons. The first-order chi connectivity index (χ1) is 3.85. The van der Waals surface area contributed by atoms with Gasteiger partial charge in [0.1, 0.15) is 6.73 Å². The first-order valence-electron chi connectivity index (χ1n) is 2.63. The van der Waals surface area contributed by atoms with E-state index in [1.165, 1.54) is 0 Å². The average Bonchev–Trinajstić information content (AvgIpc) is 1.83. The standard InChI is InChI=1S/C5H12N2O/c1-3-5(7-2)8-4-6/h3-4,6H2,1-2H3/b7-5-. The molecule has 8 heavy (non-hydrogen) atoms. The zero-order chi connectivity index (χ0) is 6.41. The van der Waals surface area contributed by atoms with Crippen molar-refractivity contribution in [3.8, 4) is 0 Å². The quantitative estimate of drug-likeness (QED) is 0.321. The molecule has 0 aromatic carbocycles. The third-order valence-corrected chi connectivity index (χ3v) is 0.802. The molecule has 0 unspecified atom stereocenters. The second-order valence-corrected chi connectivity index (χ2v) is 1.28. The van der Waals surface area contributed by atoms with Gasteiger partial charge in [-0.25, -0.2) is 0 Å². The molecule has 0 saturated carbocycles. The minimum Gasteiger partial charge on any atom is -0.466 e. The Morgan fingerprint density at radius 3 is 2.50 bits per heavy atom. The summed E-state index contributed by atoms with van der Waals surface area (Å²) in [6, 6.07) is 0. The van der Waals surface area contributed by atoms with Crippen LogP contribution in [0.1, 0.15) is 13.3 Å². The van der Waals surface area contributed by atoms with Crippen molar-refractivity contribution in [1.29, 1.82) is 0 Å². The number of hydrogen-bond acceptors (Lipinski definition) is 3. The van der Waals surface area contributed by atoms with Gasteiger partial charge in [0.15, 0.2) is 5.90 Å². The van der Waals surface area contributed by atoms with Gasteiger partial charge in [-0.05, 0) is 0 Å². The van der Waals surface area contributed by atoms with Crippen LogP contribution >= 0.6 is 0 Å². The van der Waals surface area contributed by atoms with Crippen molar-refractivity contribution in [2.75, 3.05) is 13.8 Å². The van der Waals surface area contributed by atoms with Crippen LogP contribution in [0.4, 0.5) is 0 Å². The third kappa shape index (κ3) is 2.58. The van der Waals surface area contributed by atoms with E-state index in [0.29, 0.717) is 5.90 Å². The summed E-state index contributed by atoms with van der Waals surface area (Å²) in [5.41, 5.74) is 5.08. The SMILES string of the molecule is CC/C(=N/C)OCN. The van der Waals surface area contributed by atoms with E-state index in [0.717, 1.165) is 6.42 Å². The van der Waals surface area contributed by atoms with E-state index in [1.54, 1.807) is 7.05 Å². The Hall–Kier alpha value is -0.570. The first-order valence-corrected chi connectivity index (χ1v) is 2.63. The van der Waals surface area contributed by atoms with Crippen molar-refractivity contribution in [2.45, 2.75) is 13.3 Å². The fourth-order valence-corrected chi connectivity index (χ4v) is 0.421. The maximum atomic E-state index is 5.08. The van der Waals surface area contributed by atoms with Gasteiger partial charge in [0.05, 0.1) is 0 Å². The zero-order valence-electron chi connectivity index (χ0n) is 5.35. The lowest BCUT2D eigenvalue weighted by molar-refractivity contribution is 0.308. The Bertz CT molecular complexity index is 80.5. The highest BCUT2D eigenvalue weighted by Crippen LogP contribution is 1.84. The summed E-state index contributed by atoms with van der Waals surface area (Å²) in [5.74, 6) is 0.715. The summed E-state index contributed by atoms with van der Waals surface area (Å²) >= 11 is 0. The fourth-order valence-electron chi connectivity index (χ4n) is 0.421. The van der Waals surface area contributed by atoms with Gasteiger partial charge in [0.25, 0.3) is 0 Å². The van der Waals surface area contributed by atoms with Gasteiger partial charge in [-0.2, -0.15) is 0 Å². The molecule has 0 aliphatic rings. The number of hydrogen-bond donors (Lipinski definition) is 1. The molecule has 2 N–H and O–H groups in total. The summed E-state index contributed by atoms with van der Waals surface area (Å²) in [4.78, 5) is 3.81. The largest absolute Gasteiger partial charge is 0.466 e. The molecule has 0 fully saturated rings. The number of nitrogens with two attached hydrogens (primary N) is 1. The summed E-state index contributed by atoms with van der Waals surface area (Å²) in [6.45, 7) is 2.19. The van der Waals surface area contributed by atoms with Crippen molar-refractivity contribution in [3.63, 3.8) is 0 Å². The van der Waals surface area contributed by atoms with Gasteiger partial charge in [-0.3, -0.25) is 10.7 Å². The number of nitrogens with zero attached hydrogens (tertiary/aromatic N) is 1. The van der Waals surface area contributed by atoms with Crippen molar-refractivity contribution in [3.05, 3.63) is 0 Å². The second-order valence-electron chi connectivity index (χ2n) is 1.28. The van der Waals surface area contributed by atoms with Crippen LogP contribution in [-0.4, -0.2) is 19.7 Å². The lowest BCUT2D eigenvalue weighted by atomic mass is 10.5. The van der Waals surface area contributed by atoms with E-state index in [-0.39, 0.29) is 6.73 Å². The van der Waals surface area contributed by atoms with E-state index in [2.05, 4.69) is 4.99 Å². The van der Waals surface area contributed by atoms with Crippen LogP contribution in [0.2, 0.25) is 0 Å². The molecule has 0 bridgehead atoms. The number of aliphatic imine (C=N–C) groups is 1. The smallest absolute Gasteiger partial charge is 0.184 e. The lowest BCUT2D eigenvalue weighted by Gasteiger charge is -2.00. The molecule has 0 heterocycles. The molecule has 48 valence electrons. The molecule has 0 aliphatic heterocycles. The molecule has 0 atom stereocenters. The Balaban J connectivity index is 3.38. The molecule has 3 nitrogen and oxygen atoms in total. The summed E-state index contributed by atoms with van der Waals surface area (Å²) < 4.78 is 4.87. The van der Waals surface area contributed by atoms with Crippen molar-refractivity contribution >= 4 is 5.90 Å². The van der Waals surface area contributed by atoms with Crippen molar-refractivity contribution < 1.29 is 4.74 Å². The molecule has 0 amide bonds. The minimum atomic E-state index is 0.223. The maximum Gasteiger partial charge on any atom is 0.184 e. The summed E-state index contributed by atoms with van der Waals surface area (Å²) in [6.07, 6.45) is 0.813. The van der Waals surface area contributed by atoms with E-state index in [9.17, 15) is 0 Å². The third-order valence-electron chi connectivity index (χ3n) is 0.802. The van der Waals surface area contributed by atoms with Crippen LogP contribution in [0, 0.1) is 0 Å². The number of ether oxygens (including phenoxy) is 1. The highest BCUT2D eigenvalue weighted by molar-refractivity contribution is 5.75. The predicted molar refractivity (Wildman–Crippen MR) is 33.8 cm³/mol. The summed E-state index contributed by atoms with van der Waals surface area (Å²) in [7, 11) is 1.69. The topological polar surface area (TPSA) is 47.6 Å². The van der Waals surface area contributed by atoms with E-state index < -0.39 is 0 Å². The van der Waals surface area contributed by atoms with Gasteiger partial charge >= 0.3 is 0 Å². The van der Waals surface area contributed by atoms with E-state index >= 15 is 0 Å². The molecule has 0 rings (SSSR count). The van der Waals surface area contributed by atoms with Gasteiger partial charge in [-0.1, -0.05) is 6.92 Å². The summed E-state index contributed by atoms with van der Waals surface area (Å²) in [5, 5.41) is 0. The second kappa shape index (κ2) is 4.59. The molecule has 0 aromatic rings. The van der Waals surface area contributed by atoms with Crippen molar-refractivity contribution in [1.82, 2.24) is 0 Å². The van der Waals surface area contributed by atoms with Crippen LogP contribution in [-0.2, 0) is 4.74 Å². The Kier molecular flexibility index (Phi) is 4.26. The number of rotatable bonds is 2. The zero-order valence-corrected chi connectivity index (χ0v) is 5.35. The van der Waals surface area contributed by atoms with Crippen LogP contribution < -0.4 is 5.73 Å². The van der Waals surface area contributed by atoms with Gasteiger partial charge < -0.3 is 4.74 Å². The predicted octanol–water partition coefficient (Wildman–Crippen LogP) is 0.358. The van der Waals surface area contributed by atoms with Crippen LogP contribution in [0.15, 0.2) is 4.99 Å². The first kappa shape index (κ1) is 7.43.